The molecule has 1 aromatic carbocycles. The van der Waals surface area contributed by atoms with Crippen molar-refractivity contribution in [1.29, 1.82) is 0 Å². The van der Waals surface area contributed by atoms with Gasteiger partial charge in [0.05, 0.1) is 6.10 Å². The fraction of sp³-hybridized carbons (Fsp3) is 0.600. The highest BCUT2D eigenvalue weighted by Crippen LogP contribution is 2.35. The Kier molecular flexibility index (Phi) is 6.70. The normalized spacial score (nSPS) is 25.7. The number of alkyl halides is 2. The summed E-state index contributed by atoms with van der Waals surface area (Å²) in [5, 5.41) is 0. The lowest BCUT2D eigenvalue weighted by Gasteiger charge is -2.29. The van der Waals surface area contributed by atoms with Gasteiger partial charge in [0.1, 0.15) is 0 Å². The Bertz CT molecular complexity index is 749. The highest BCUT2D eigenvalue weighted by atomic mass is 79.9. The molecule has 5 nitrogen and oxygen atoms in total. The van der Waals surface area contributed by atoms with Crippen molar-refractivity contribution in [3.05, 3.63) is 33.8 Å². The quantitative estimate of drug-likeness (QED) is 0.688. The molecule has 1 unspecified atom stereocenters. The summed E-state index contributed by atoms with van der Waals surface area (Å²) in [6, 6.07) is 5.22. The number of halogens is 3. The van der Waals surface area contributed by atoms with Crippen molar-refractivity contribution in [2.45, 2.75) is 70.8 Å². The van der Waals surface area contributed by atoms with Crippen LogP contribution in [0.4, 0.5) is 8.78 Å². The first-order valence-corrected chi connectivity index (χ1v) is 10.4. The average molecular weight is 458 g/mol. The van der Waals surface area contributed by atoms with E-state index in [9.17, 15) is 13.6 Å². The van der Waals surface area contributed by atoms with Crippen LogP contribution in [0, 0.1) is 5.92 Å². The molecule has 0 saturated heterocycles. The number of guanidine groups is 1. The lowest BCUT2D eigenvalue weighted by atomic mass is 9.82. The third kappa shape index (κ3) is 4.71. The van der Waals surface area contributed by atoms with Gasteiger partial charge in [-0.05, 0) is 75.1 Å². The van der Waals surface area contributed by atoms with Gasteiger partial charge in [-0.15, -0.1) is 0 Å². The van der Waals surface area contributed by atoms with Crippen molar-refractivity contribution in [1.82, 2.24) is 4.90 Å². The molecule has 8 heteroatoms. The molecule has 1 atom stereocenters. The van der Waals surface area contributed by atoms with Crippen molar-refractivity contribution >= 4 is 27.8 Å². The molecule has 0 radical (unpaired) electrons. The van der Waals surface area contributed by atoms with E-state index in [1.807, 2.05) is 32.0 Å². The summed E-state index contributed by atoms with van der Waals surface area (Å²) in [5.41, 5.74) is 7.91. The van der Waals surface area contributed by atoms with E-state index in [1.54, 1.807) is 0 Å². The average Bonchev–Trinajstić information content (AvgIpc) is 2.92. The van der Waals surface area contributed by atoms with Gasteiger partial charge in [-0.1, -0.05) is 22.0 Å². The zero-order valence-corrected chi connectivity index (χ0v) is 17.7. The van der Waals surface area contributed by atoms with Gasteiger partial charge in [0, 0.05) is 10.5 Å². The monoisotopic (exact) mass is 457 g/mol. The van der Waals surface area contributed by atoms with E-state index >= 15 is 0 Å². The number of rotatable bonds is 6. The van der Waals surface area contributed by atoms with Gasteiger partial charge in [0.2, 0.25) is 0 Å². The molecule has 0 bridgehead atoms. The molecular weight excluding hydrogens is 432 g/mol. The minimum atomic E-state index is -2.71. The third-order valence-corrected chi connectivity index (χ3v) is 5.99. The Hall–Kier alpha value is -1.54. The number of benzene rings is 1. The molecule has 1 saturated carbocycles. The van der Waals surface area contributed by atoms with Gasteiger partial charge >= 0.3 is 6.61 Å². The lowest BCUT2D eigenvalue weighted by molar-refractivity contribution is -0.171. The highest BCUT2D eigenvalue weighted by Gasteiger charge is 2.37. The summed E-state index contributed by atoms with van der Waals surface area (Å²) in [6.07, 6.45) is 3.35. The predicted molar refractivity (Wildman–Crippen MR) is 107 cm³/mol. The molecule has 0 spiro atoms. The van der Waals surface area contributed by atoms with E-state index in [2.05, 4.69) is 25.7 Å². The SMILES string of the molecule is CC(C)N1C(=O)C(c2cc(Br)ccc2CC2CCC(OC(F)F)CC2)N=C1N. The van der Waals surface area contributed by atoms with Crippen molar-refractivity contribution in [3.8, 4) is 0 Å². The molecule has 1 heterocycles. The fourth-order valence-corrected chi connectivity index (χ4v) is 4.53. The molecule has 1 aliphatic carbocycles. The number of nitrogens with zero attached hydrogens (tertiary/aromatic N) is 2. The van der Waals surface area contributed by atoms with Crippen LogP contribution < -0.4 is 5.73 Å². The second kappa shape index (κ2) is 8.86. The standard InChI is InChI=1S/C20H26BrF2N3O2/c1-11(2)26-18(27)17(25-20(26)24)16-10-14(21)6-5-13(16)9-12-3-7-15(8-4-12)28-19(22)23/h5-6,10-12,15,17,19H,3-4,7-9H2,1-2H3,(H2,24,25). The largest absolute Gasteiger partial charge is 0.369 e. The molecule has 2 N–H and O–H groups in total. The predicted octanol–water partition coefficient (Wildman–Crippen LogP) is 4.40. The molecule has 0 aromatic heterocycles. The number of carbonyl (C=O) groups is 1. The molecular formula is C20H26BrF2N3O2. The van der Waals surface area contributed by atoms with Crippen molar-refractivity contribution in [2.75, 3.05) is 0 Å². The van der Waals surface area contributed by atoms with Crippen LogP contribution in [0.25, 0.3) is 0 Å². The van der Waals surface area contributed by atoms with Crippen LogP contribution in [0.15, 0.2) is 27.7 Å². The first-order valence-electron chi connectivity index (χ1n) is 9.64. The van der Waals surface area contributed by atoms with Crippen molar-refractivity contribution in [3.63, 3.8) is 0 Å². The molecule has 1 aromatic rings. The Morgan fingerprint density at radius 2 is 1.96 bits per heavy atom. The maximum Gasteiger partial charge on any atom is 0.345 e. The number of aliphatic imine (C=N–C) groups is 1. The van der Waals surface area contributed by atoms with Gasteiger partial charge in [-0.2, -0.15) is 8.78 Å². The van der Waals surface area contributed by atoms with Crippen molar-refractivity contribution < 1.29 is 18.3 Å². The summed E-state index contributed by atoms with van der Waals surface area (Å²) in [5.74, 6) is 0.512. The van der Waals surface area contributed by atoms with Gasteiger partial charge in [-0.3, -0.25) is 9.69 Å². The summed E-state index contributed by atoms with van der Waals surface area (Å²) >= 11 is 3.49. The van der Waals surface area contributed by atoms with Gasteiger partial charge in [0.15, 0.2) is 12.0 Å². The molecule has 1 aliphatic heterocycles. The first-order chi connectivity index (χ1) is 13.3. The Morgan fingerprint density at radius 3 is 2.54 bits per heavy atom. The van der Waals surface area contributed by atoms with E-state index in [0.717, 1.165) is 34.9 Å². The van der Waals surface area contributed by atoms with Crippen LogP contribution in [0.5, 0.6) is 0 Å². The van der Waals surface area contributed by atoms with Gasteiger partial charge < -0.3 is 10.5 Å². The molecule has 1 fully saturated rings. The Morgan fingerprint density at radius 1 is 1.29 bits per heavy atom. The minimum absolute atomic E-state index is 0.0537. The molecule has 154 valence electrons. The zero-order valence-electron chi connectivity index (χ0n) is 16.1. The van der Waals surface area contributed by atoms with Crippen LogP contribution >= 0.6 is 15.9 Å². The van der Waals surface area contributed by atoms with Crippen LogP contribution in [0.3, 0.4) is 0 Å². The summed E-state index contributed by atoms with van der Waals surface area (Å²) in [6.45, 7) is 1.11. The summed E-state index contributed by atoms with van der Waals surface area (Å²) in [7, 11) is 0. The zero-order chi connectivity index (χ0) is 20.4. The van der Waals surface area contributed by atoms with Crippen LogP contribution in [0.2, 0.25) is 0 Å². The highest BCUT2D eigenvalue weighted by molar-refractivity contribution is 9.10. The number of amides is 1. The third-order valence-electron chi connectivity index (χ3n) is 5.50. The van der Waals surface area contributed by atoms with Crippen LogP contribution in [-0.2, 0) is 16.0 Å². The maximum atomic E-state index is 12.9. The minimum Gasteiger partial charge on any atom is -0.369 e. The van der Waals surface area contributed by atoms with Crippen molar-refractivity contribution in [2.24, 2.45) is 16.6 Å². The van der Waals surface area contributed by atoms with E-state index in [-0.39, 0.29) is 24.0 Å². The number of ether oxygens (including phenoxy) is 1. The molecule has 1 amide bonds. The Labute approximate surface area is 172 Å². The smallest absolute Gasteiger partial charge is 0.345 e. The second-order valence-corrected chi connectivity index (χ2v) is 8.69. The molecule has 28 heavy (non-hydrogen) atoms. The van der Waals surface area contributed by atoms with Crippen LogP contribution in [0.1, 0.15) is 56.7 Å². The summed E-state index contributed by atoms with van der Waals surface area (Å²) in [4.78, 5) is 18.8. The van der Waals surface area contributed by atoms with Gasteiger partial charge in [0.25, 0.3) is 5.91 Å². The van der Waals surface area contributed by atoms with Crippen LogP contribution in [-0.4, -0.2) is 35.5 Å². The maximum absolute atomic E-state index is 12.9. The summed E-state index contributed by atoms with van der Waals surface area (Å²) < 4.78 is 30.3. The number of hydrogen-bond acceptors (Lipinski definition) is 4. The lowest BCUT2D eigenvalue weighted by Crippen LogP contribution is -2.42. The molecule has 2 aliphatic rings. The van der Waals surface area contributed by atoms with E-state index in [1.165, 1.54) is 4.90 Å². The Balaban J connectivity index is 1.75. The van der Waals surface area contributed by atoms with E-state index < -0.39 is 12.7 Å². The van der Waals surface area contributed by atoms with E-state index in [0.29, 0.717) is 18.8 Å². The molecule has 3 rings (SSSR count). The number of carbonyl (C=O) groups excluding carboxylic acids is 1. The second-order valence-electron chi connectivity index (χ2n) is 7.78. The number of hydrogen-bond donors (Lipinski definition) is 1. The van der Waals surface area contributed by atoms with Gasteiger partial charge in [-0.25, -0.2) is 4.99 Å². The van der Waals surface area contributed by atoms with E-state index in [4.69, 9.17) is 5.73 Å². The topological polar surface area (TPSA) is 67.9 Å². The fourth-order valence-electron chi connectivity index (χ4n) is 4.15. The number of nitrogens with two attached hydrogens (primary N) is 1. The first kappa shape index (κ1) is 21.2.